The van der Waals surface area contributed by atoms with Gasteiger partial charge in [-0.15, -0.1) is 11.3 Å². The summed E-state index contributed by atoms with van der Waals surface area (Å²) >= 11 is 1.33. The number of likely N-dealkylation sites (N-methyl/N-ethyl adjacent to an activating group) is 1. The van der Waals surface area contributed by atoms with Gasteiger partial charge in [-0.2, -0.15) is 0 Å². The zero-order valence-electron chi connectivity index (χ0n) is 10.4. The Balaban J connectivity index is 2.15. The predicted molar refractivity (Wildman–Crippen MR) is 74.9 cm³/mol. The normalized spacial score (nSPS) is 11.1. The molecule has 0 bridgehead atoms. The number of carbonyl (C=O) groups is 1. The minimum Gasteiger partial charge on any atom is -0.397 e. The van der Waals surface area contributed by atoms with Gasteiger partial charge in [-0.05, 0) is 26.2 Å². The molecule has 2 rings (SSSR count). The van der Waals surface area contributed by atoms with E-state index in [1.54, 1.807) is 6.20 Å². The van der Waals surface area contributed by atoms with E-state index in [2.05, 4.69) is 10.3 Å². The van der Waals surface area contributed by atoms with Gasteiger partial charge in [0.2, 0.25) is 0 Å². The first-order chi connectivity index (χ1) is 8.59. The van der Waals surface area contributed by atoms with Crippen LogP contribution in [-0.4, -0.2) is 43.0 Å². The number of nitrogens with one attached hydrogen (secondary N) is 1. The number of nitrogens with two attached hydrogens (primary N) is 1. The number of carbonyl (C=O) groups excluding carboxylic acids is 1. The van der Waals surface area contributed by atoms with Gasteiger partial charge in [-0.3, -0.25) is 4.79 Å². The van der Waals surface area contributed by atoms with Crippen molar-refractivity contribution in [1.82, 2.24) is 15.2 Å². The number of hydrogen-bond acceptors (Lipinski definition) is 5. The van der Waals surface area contributed by atoms with Crippen LogP contribution in [0.1, 0.15) is 9.67 Å². The Bertz CT molecular complexity index is 564. The van der Waals surface area contributed by atoms with E-state index in [-0.39, 0.29) is 5.91 Å². The van der Waals surface area contributed by atoms with Gasteiger partial charge < -0.3 is 16.0 Å². The molecule has 0 aromatic carbocycles. The molecule has 0 aliphatic rings. The molecular weight excluding hydrogens is 248 g/mol. The van der Waals surface area contributed by atoms with Gasteiger partial charge in [0.15, 0.2) is 0 Å². The average molecular weight is 264 g/mol. The number of nitrogen functional groups attached to an aromatic ring is 1. The number of hydrogen-bond donors (Lipinski definition) is 2. The number of nitrogens with zero attached hydrogens (tertiary/aromatic N) is 2. The number of rotatable bonds is 4. The van der Waals surface area contributed by atoms with Gasteiger partial charge in [-0.25, -0.2) is 4.98 Å². The Labute approximate surface area is 110 Å². The summed E-state index contributed by atoms with van der Waals surface area (Å²) in [5, 5.41) is 3.70. The molecule has 0 radical (unpaired) electrons. The van der Waals surface area contributed by atoms with E-state index in [1.165, 1.54) is 11.3 Å². The summed E-state index contributed by atoms with van der Waals surface area (Å²) in [7, 11) is 3.92. The predicted octanol–water partition coefficient (Wildman–Crippen LogP) is 1.17. The number of thiophene rings is 1. The molecule has 0 spiro atoms. The van der Waals surface area contributed by atoms with Crippen LogP contribution < -0.4 is 11.1 Å². The van der Waals surface area contributed by atoms with Crippen LogP contribution in [0.3, 0.4) is 0 Å². The van der Waals surface area contributed by atoms with Crippen LogP contribution in [0, 0.1) is 0 Å². The first kappa shape index (κ1) is 12.8. The van der Waals surface area contributed by atoms with Gasteiger partial charge in [0.05, 0.1) is 5.69 Å². The maximum absolute atomic E-state index is 12.0. The van der Waals surface area contributed by atoms with E-state index in [1.807, 2.05) is 31.1 Å². The molecule has 0 atom stereocenters. The van der Waals surface area contributed by atoms with E-state index in [4.69, 9.17) is 5.73 Å². The van der Waals surface area contributed by atoms with Crippen LogP contribution in [0.5, 0.6) is 0 Å². The Hall–Kier alpha value is -1.66. The maximum atomic E-state index is 12.0. The summed E-state index contributed by atoms with van der Waals surface area (Å²) in [5.74, 6) is -0.127. The van der Waals surface area contributed by atoms with E-state index >= 15 is 0 Å². The van der Waals surface area contributed by atoms with E-state index in [0.29, 0.717) is 17.1 Å². The van der Waals surface area contributed by atoms with Gasteiger partial charge in [-0.1, -0.05) is 0 Å². The van der Waals surface area contributed by atoms with E-state index in [9.17, 15) is 4.79 Å². The van der Waals surface area contributed by atoms with Gasteiger partial charge >= 0.3 is 0 Å². The lowest BCUT2D eigenvalue weighted by molar-refractivity contribution is 0.0956. The molecule has 0 fully saturated rings. The van der Waals surface area contributed by atoms with Crippen molar-refractivity contribution in [2.45, 2.75) is 0 Å². The molecule has 0 unspecified atom stereocenters. The van der Waals surface area contributed by atoms with Gasteiger partial charge in [0.1, 0.15) is 9.71 Å². The summed E-state index contributed by atoms with van der Waals surface area (Å²) < 4.78 is 0. The summed E-state index contributed by atoms with van der Waals surface area (Å²) in [6.45, 7) is 1.40. The van der Waals surface area contributed by atoms with Crippen LogP contribution in [0.2, 0.25) is 0 Å². The Morgan fingerprint density at radius 1 is 1.56 bits per heavy atom. The number of pyridine rings is 1. The average Bonchev–Trinajstić information content (AvgIpc) is 2.67. The molecule has 0 saturated carbocycles. The smallest absolute Gasteiger partial charge is 0.263 e. The standard InChI is InChI=1S/C12H16N4OS/c1-16(2)7-6-14-11(17)10-9(13)8-4-3-5-15-12(8)18-10/h3-5H,6-7,13H2,1-2H3,(H,14,17). The van der Waals surface area contributed by atoms with Crippen LogP contribution in [0.4, 0.5) is 5.69 Å². The molecular formula is C12H16N4OS. The molecule has 1 amide bonds. The summed E-state index contributed by atoms with van der Waals surface area (Å²) in [6, 6.07) is 3.70. The minimum absolute atomic E-state index is 0.127. The third-order valence-corrected chi connectivity index (χ3v) is 3.68. The second kappa shape index (κ2) is 5.32. The molecule has 0 saturated heterocycles. The highest BCUT2D eigenvalue weighted by Crippen LogP contribution is 2.31. The highest BCUT2D eigenvalue weighted by atomic mass is 32.1. The quantitative estimate of drug-likeness (QED) is 0.869. The highest BCUT2D eigenvalue weighted by molar-refractivity contribution is 7.21. The summed E-state index contributed by atoms with van der Waals surface area (Å²) in [5.41, 5.74) is 6.49. The van der Waals surface area contributed by atoms with Crippen molar-refractivity contribution in [3.05, 3.63) is 23.2 Å². The molecule has 2 aromatic rings. The molecule has 6 heteroatoms. The summed E-state index contributed by atoms with van der Waals surface area (Å²) in [6.07, 6.45) is 1.70. The topological polar surface area (TPSA) is 71.2 Å². The number of amides is 1. The molecule has 2 aromatic heterocycles. The van der Waals surface area contributed by atoms with Crippen LogP contribution in [-0.2, 0) is 0 Å². The molecule has 3 N–H and O–H groups in total. The highest BCUT2D eigenvalue weighted by Gasteiger charge is 2.16. The second-order valence-electron chi connectivity index (χ2n) is 4.26. The van der Waals surface area contributed by atoms with Crippen molar-refractivity contribution in [3.63, 3.8) is 0 Å². The molecule has 2 heterocycles. The number of aromatic nitrogens is 1. The van der Waals surface area contributed by atoms with Gasteiger partial charge in [0.25, 0.3) is 5.91 Å². The fourth-order valence-corrected chi connectivity index (χ4v) is 2.57. The van der Waals surface area contributed by atoms with Crippen molar-refractivity contribution in [1.29, 1.82) is 0 Å². The zero-order chi connectivity index (χ0) is 13.1. The minimum atomic E-state index is -0.127. The largest absolute Gasteiger partial charge is 0.397 e. The first-order valence-electron chi connectivity index (χ1n) is 5.65. The molecule has 18 heavy (non-hydrogen) atoms. The maximum Gasteiger partial charge on any atom is 0.263 e. The monoisotopic (exact) mass is 264 g/mol. The third kappa shape index (κ3) is 2.60. The lowest BCUT2D eigenvalue weighted by atomic mass is 10.2. The van der Waals surface area contributed by atoms with Crippen molar-refractivity contribution in [3.8, 4) is 0 Å². The van der Waals surface area contributed by atoms with Gasteiger partial charge in [0, 0.05) is 24.7 Å². The summed E-state index contributed by atoms with van der Waals surface area (Å²) in [4.78, 5) is 19.5. The Kier molecular flexibility index (Phi) is 3.78. The molecule has 0 aliphatic carbocycles. The zero-order valence-corrected chi connectivity index (χ0v) is 11.3. The van der Waals surface area contributed by atoms with Crippen molar-refractivity contribution >= 4 is 33.1 Å². The fraction of sp³-hybridized carbons (Fsp3) is 0.333. The lowest BCUT2D eigenvalue weighted by Gasteiger charge is -2.09. The number of fused-ring (bicyclic) bond motifs is 1. The Morgan fingerprint density at radius 2 is 2.33 bits per heavy atom. The SMILES string of the molecule is CN(C)CCNC(=O)c1sc2ncccc2c1N. The van der Waals surface area contributed by atoms with Crippen molar-refractivity contribution in [2.75, 3.05) is 32.9 Å². The first-order valence-corrected chi connectivity index (χ1v) is 6.47. The van der Waals surface area contributed by atoms with Crippen molar-refractivity contribution in [2.24, 2.45) is 0 Å². The Morgan fingerprint density at radius 3 is 3.00 bits per heavy atom. The van der Waals surface area contributed by atoms with Crippen molar-refractivity contribution < 1.29 is 4.79 Å². The van der Waals surface area contributed by atoms with E-state index < -0.39 is 0 Å². The lowest BCUT2D eigenvalue weighted by Crippen LogP contribution is -2.31. The third-order valence-electron chi connectivity index (χ3n) is 2.56. The second-order valence-corrected chi connectivity index (χ2v) is 5.26. The van der Waals surface area contributed by atoms with E-state index in [0.717, 1.165) is 16.8 Å². The number of anilines is 1. The fourth-order valence-electron chi connectivity index (χ4n) is 1.59. The van der Waals surface area contributed by atoms with Crippen LogP contribution in [0.25, 0.3) is 10.2 Å². The van der Waals surface area contributed by atoms with Crippen LogP contribution >= 0.6 is 11.3 Å². The molecule has 96 valence electrons. The molecule has 5 nitrogen and oxygen atoms in total. The molecule has 0 aliphatic heterocycles. The van der Waals surface area contributed by atoms with Crippen LogP contribution in [0.15, 0.2) is 18.3 Å².